The van der Waals surface area contributed by atoms with E-state index in [1.165, 1.54) is 6.33 Å². The van der Waals surface area contributed by atoms with Gasteiger partial charge in [-0.15, -0.1) is 0 Å². The van der Waals surface area contributed by atoms with E-state index < -0.39 is 6.10 Å². The van der Waals surface area contributed by atoms with E-state index in [9.17, 15) is 5.11 Å². The number of aromatic nitrogens is 2. The Labute approximate surface area is 95.9 Å². The second-order valence-corrected chi connectivity index (χ2v) is 3.97. The van der Waals surface area contributed by atoms with Gasteiger partial charge < -0.3 is 15.2 Å². The highest BCUT2D eigenvalue weighted by atomic mass is 16.5. The zero-order valence-electron chi connectivity index (χ0n) is 9.97. The smallest absolute Gasteiger partial charge is 0.129 e. The Bertz CT molecular complexity index is 318. The van der Waals surface area contributed by atoms with Crippen LogP contribution in [0, 0.1) is 0 Å². The number of methoxy groups -OCH3 is 1. The molecule has 0 bridgehead atoms. The molecule has 0 aliphatic carbocycles. The monoisotopic (exact) mass is 225 g/mol. The minimum absolute atomic E-state index is 0.315. The third kappa shape index (κ3) is 4.12. The number of aliphatic hydroxyl groups is 1. The van der Waals surface area contributed by atoms with Gasteiger partial charge in [0.15, 0.2) is 0 Å². The van der Waals surface area contributed by atoms with E-state index in [4.69, 9.17) is 4.74 Å². The maximum absolute atomic E-state index is 9.46. The fourth-order valence-electron chi connectivity index (χ4n) is 1.26. The lowest BCUT2D eigenvalue weighted by atomic mass is 10.1. The molecular formula is C11H19N3O2. The molecule has 0 aliphatic rings. The molecule has 1 rings (SSSR count). The molecule has 1 atom stereocenters. The number of hydrogen-bond donors (Lipinski definition) is 2. The first-order valence-corrected chi connectivity index (χ1v) is 5.36. The summed E-state index contributed by atoms with van der Waals surface area (Å²) in [6.45, 7) is 4.88. The Morgan fingerprint density at radius 2 is 2.19 bits per heavy atom. The SMILES string of the molecule is COCC(O)CNc1cc(C(C)C)ncn1. The zero-order chi connectivity index (χ0) is 12.0. The van der Waals surface area contributed by atoms with E-state index in [-0.39, 0.29) is 0 Å². The summed E-state index contributed by atoms with van der Waals surface area (Å²) in [6.07, 6.45) is 1.00. The standard InChI is InChI=1S/C11H19N3O2/c1-8(2)10-4-11(14-7-13-10)12-5-9(15)6-16-3/h4,7-9,15H,5-6H2,1-3H3,(H,12,13,14). The quantitative estimate of drug-likeness (QED) is 0.756. The molecule has 0 fully saturated rings. The maximum Gasteiger partial charge on any atom is 0.129 e. The van der Waals surface area contributed by atoms with Crippen LogP contribution < -0.4 is 5.32 Å². The van der Waals surface area contributed by atoms with Gasteiger partial charge in [-0.25, -0.2) is 9.97 Å². The highest BCUT2D eigenvalue weighted by Gasteiger charge is 2.05. The predicted molar refractivity (Wildman–Crippen MR) is 62.5 cm³/mol. The molecular weight excluding hydrogens is 206 g/mol. The van der Waals surface area contributed by atoms with Gasteiger partial charge >= 0.3 is 0 Å². The van der Waals surface area contributed by atoms with Crippen LogP contribution in [0.5, 0.6) is 0 Å². The number of rotatable bonds is 6. The lowest BCUT2D eigenvalue weighted by Crippen LogP contribution is -2.24. The van der Waals surface area contributed by atoms with Crippen molar-refractivity contribution < 1.29 is 9.84 Å². The number of aliphatic hydroxyl groups excluding tert-OH is 1. The Balaban J connectivity index is 2.50. The van der Waals surface area contributed by atoms with Crippen LogP contribution in [0.3, 0.4) is 0 Å². The Hall–Kier alpha value is -1.20. The molecule has 2 N–H and O–H groups in total. The largest absolute Gasteiger partial charge is 0.389 e. The van der Waals surface area contributed by atoms with Gasteiger partial charge in [0.05, 0.1) is 12.7 Å². The van der Waals surface area contributed by atoms with Crippen LogP contribution >= 0.6 is 0 Å². The number of anilines is 1. The van der Waals surface area contributed by atoms with E-state index in [1.807, 2.05) is 6.07 Å². The number of nitrogens with one attached hydrogen (secondary N) is 1. The first-order valence-electron chi connectivity index (χ1n) is 5.36. The highest BCUT2D eigenvalue weighted by Crippen LogP contribution is 2.13. The van der Waals surface area contributed by atoms with Crippen LogP contribution in [0.4, 0.5) is 5.82 Å². The van der Waals surface area contributed by atoms with E-state index in [1.54, 1.807) is 7.11 Å². The van der Waals surface area contributed by atoms with Crippen LogP contribution in [0.15, 0.2) is 12.4 Å². The predicted octanol–water partition coefficient (Wildman–Crippen LogP) is 1.02. The summed E-state index contributed by atoms with van der Waals surface area (Å²) >= 11 is 0. The molecule has 0 radical (unpaired) electrons. The molecule has 0 amide bonds. The second kappa shape index (κ2) is 6.40. The minimum atomic E-state index is -0.525. The van der Waals surface area contributed by atoms with E-state index in [2.05, 4.69) is 29.1 Å². The van der Waals surface area contributed by atoms with Crippen LogP contribution in [-0.2, 0) is 4.74 Å². The van der Waals surface area contributed by atoms with Crippen LogP contribution in [0.2, 0.25) is 0 Å². The van der Waals surface area contributed by atoms with Crippen molar-refractivity contribution >= 4 is 5.82 Å². The Kier molecular flexibility index (Phi) is 5.14. The molecule has 5 nitrogen and oxygen atoms in total. The van der Waals surface area contributed by atoms with Gasteiger partial charge in [-0.3, -0.25) is 0 Å². The molecule has 1 unspecified atom stereocenters. The van der Waals surface area contributed by atoms with Crippen molar-refractivity contribution in [1.82, 2.24) is 9.97 Å². The van der Waals surface area contributed by atoms with Crippen molar-refractivity contribution in [2.45, 2.75) is 25.9 Å². The normalized spacial score (nSPS) is 12.8. The Morgan fingerprint density at radius 3 is 2.81 bits per heavy atom. The lowest BCUT2D eigenvalue weighted by molar-refractivity contribution is 0.0727. The highest BCUT2D eigenvalue weighted by molar-refractivity contribution is 5.35. The molecule has 1 heterocycles. The lowest BCUT2D eigenvalue weighted by Gasteiger charge is -2.12. The molecule has 0 aliphatic heterocycles. The zero-order valence-corrected chi connectivity index (χ0v) is 9.97. The number of ether oxygens (including phenoxy) is 1. The van der Waals surface area contributed by atoms with Crippen LogP contribution in [0.1, 0.15) is 25.5 Å². The fourth-order valence-corrected chi connectivity index (χ4v) is 1.26. The van der Waals surface area contributed by atoms with Crippen molar-refractivity contribution in [1.29, 1.82) is 0 Å². The maximum atomic E-state index is 9.46. The number of nitrogens with zero attached hydrogens (tertiary/aromatic N) is 2. The average molecular weight is 225 g/mol. The summed E-state index contributed by atoms with van der Waals surface area (Å²) in [5, 5.41) is 12.5. The first-order chi connectivity index (χ1) is 7.63. The summed E-state index contributed by atoms with van der Waals surface area (Å²) < 4.78 is 4.83. The van der Waals surface area contributed by atoms with Gasteiger partial charge in [-0.05, 0) is 5.92 Å². The molecule has 1 aromatic rings. The third-order valence-corrected chi connectivity index (χ3v) is 2.16. The molecule has 5 heteroatoms. The van der Waals surface area contributed by atoms with Crippen molar-refractivity contribution in [3.05, 3.63) is 18.1 Å². The van der Waals surface area contributed by atoms with Crippen molar-refractivity contribution in [2.24, 2.45) is 0 Å². The van der Waals surface area contributed by atoms with Crippen molar-refractivity contribution in [3.8, 4) is 0 Å². The second-order valence-electron chi connectivity index (χ2n) is 3.97. The van der Waals surface area contributed by atoms with Gasteiger partial charge in [0, 0.05) is 25.4 Å². The summed E-state index contributed by atoms with van der Waals surface area (Å²) in [5.41, 5.74) is 0.985. The molecule has 0 saturated carbocycles. The number of hydrogen-bond acceptors (Lipinski definition) is 5. The minimum Gasteiger partial charge on any atom is -0.389 e. The van der Waals surface area contributed by atoms with Gasteiger partial charge in [0.25, 0.3) is 0 Å². The molecule has 16 heavy (non-hydrogen) atoms. The summed E-state index contributed by atoms with van der Waals surface area (Å²) in [5.74, 6) is 1.10. The van der Waals surface area contributed by atoms with Gasteiger partial charge in [-0.2, -0.15) is 0 Å². The molecule has 0 saturated heterocycles. The Morgan fingerprint density at radius 1 is 1.44 bits per heavy atom. The third-order valence-electron chi connectivity index (χ3n) is 2.16. The van der Waals surface area contributed by atoms with Gasteiger partial charge in [0.1, 0.15) is 12.1 Å². The summed E-state index contributed by atoms with van der Waals surface area (Å²) in [4.78, 5) is 8.24. The topological polar surface area (TPSA) is 67.3 Å². The molecule has 1 aromatic heterocycles. The van der Waals surface area contributed by atoms with Gasteiger partial charge in [-0.1, -0.05) is 13.8 Å². The molecule has 90 valence electrons. The molecule has 0 spiro atoms. The van der Waals surface area contributed by atoms with E-state index in [0.29, 0.717) is 19.1 Å². The average Bonchev–Trinajstić information content (AvgIpc) is 2.27. The van der Waals surface area contributed by atoms with E-state index in [0.717, 1.165) is 11.5 Å². The van der Waals surface area contributed by atoms with Crippen LogP contribution in [0.25, 0.3) is 0 Å². The van der Waals surface area contributed by atoms with Crippen molar-refractivity contribution in [2.75, 3.05) is 25.6 Å². The van der Waals surface area contributed by atoms with Crippen LogP contribution in [-0.4, -0.2) is 41.4 Å². The molecule has 0 aromatic carbocycles. The van der Waals surface area contributed by atoms with Gasteiger partial charge in [0.2, 0.25) is 0 Å². The summed E-state index contributed by atoms with van der Waals surface area (Å²) in [7, 11) is 1.56. The first kappa shape index (κ1) is 12.9. The van der Waals surface area contributed by atoms with E-state index >= 15 is 0 Å². The van der Waals surface area contributed by atoms with Crippen molar-refractivity contribution in [3.63, 3.8) is 0 Å². The summed E-state index contributed by atoms with van der Waals surface area (Å²) in [6, 6.07) is 1.89. The fraction of sp³-hybridized carbons (Fsp3) is 0.636.